The van der Waals surface area contributed by atoms with Crippen LogP contribution in [0.2, 0.25) is 0 Å². The summed E-state index contributed by atoms with van der Waals surface area (Å²) in [6, 6.07) is 8.49. The third kappa shape index (κ3) is 2.12. The van der Waals surface area contributed by atoms with Gasteiger partial charge >= 0.3 is 0 Å². The van der Waals surface area contributed by atoms with Crippen molar-refractivity contribution in [1.29, 1.82) is 0 Å². The van der Waals surface area contributed by atoms with E-state index < -0.39 is 23.1 Å². The highest BCUT2D eigenvalue weighted by molar-refractivity contribution is 6.33. The van der Waals surface area contributed by atoms with E-state index in [2.05, 4.69) is 0 Å². The second-order valence-corrected chi connectivity index (χ2v) is 5.72. The lowest BCUT2D eigenvalue weighted by atomic mass is 9.81. The Morgan fingerprint density at radius 1 is 0.808 bits per heavy atom. The number of phenolic OH excluding ortho intramolecular Hbond substituents is 3. The third-order valence-corrected chi connectivity index (χ3v) is 4.41. The lowest BCUT2D eigenvalue weighted by Crippen LogP contribution is -2.22. The van der Waals surface area contributed by atoms with Crippen LogP contribution in [0.3, 0.4) is 0 Å². The van der Waals surface area contributed by atoms with Crippen molar-refractivity contribution in [2.75, 3.05) is 7.11 Å². The van der Waals surface area contributed by atoms with Gasteiger partial charge in [0.05, 0.1) is 23.8 Å². The first-order valence-corrected chi connectivity index (χ1v) is 7.42. The lowest BCUT2D eigenvalue weighted by Gasteiger charge is -2.22. The number of aromatic hydroxyl groups is 3. The van der Waals surface area contributed by atoms with E-state index in [4.69, 9.17) is 4.74 Å². The molecule has 6 nitrogen and oxygen atoms in total. The standard InChI is InChI=1S/C19H12O6.ClH/c1-25-12-4-2-3-10-13(12)19(24)15-14(17(10)22)18(23)11-7-8(20)5-6-9(11)16(15)21;/h2-7,20-21,23H,1H3;1H. The molecule has 132 valence electrons. The third-order valence-electron chi connectivity index (χ3n) is 4.41. The summed E-state index contributed by atoms with van der Waals surface area (Å²) >= 11 is 0. The molecule has 1 aliphatic rings. The summed E-state index contributed by atoms with van der Waals surface area (Å²) in [6.07, 6.45) is 0. The van der Waals surface area contributed by atoms with Crippen LogP contribution in [0.15, 0.2) is 36.4 Å². The molecule has 3 aromatic rings. The SMILES string of the molecule is COc1cccc2c1C(=O)c1c(c(O)c3cc(O)ccc3c1O)C2=O.Cl. The van der Waals surface area contributed by atoms with Gasteiger partial charge in [-0.25, -0.2) is 0 Å². The predicted octanol–water partition coefficient (Wildman–Crippen LogP) is 3.16. The van der Waals surface area contributed by atoms with Crippen molar-refractivity contribution in [3.63, 3.8) is 0 Å². The Morgan fingerprint density at radius 3 is 2.15 bits per heavy atom. The molecule has 0 spiro atoms. The van der Waals surface area contributed by atoms with E-state index in [0.717, 1.165) is 0 Å². The lowest BCUT2D eigenvalue weighted by molar-refractivity contribution is 0.0972. The van der Waals surface area contributed by atoms with Gasteiger partial charge in [-0.1, -0.05) is 12.1 Å². The van der Waals surface area contributed by atoms with E-state index in [1.165, 1.54) is 31.4 Å². The van der Waals surface area contributed by atoms with Crippen molar-refractivity contribution >= 4 is 34.7 Å². The zero-order chi connectivity index (χ0) is 17.9. The van der Waals surface area contributed by atoms with Gasteiger partial charge in [-0.05, 0) is 24.3 Å². The van der Waals surface area contributed by atoms with Crippen molar-refractivity contribution < 1.29 is 29.6 Å². The first kappa shape index (κ1) is 17.6. The van der Waals surface area contributed by atoms with Crippen molar-refractivity contribution in [2.45, 2.75) is 0 Å². The molecule has 0 atom stereocenters. The average Bonchev–Trinajstić information content (AvgIpc) is 2.61. The molecule has 0 saturated carbocycles. The Balaban J connectivity index is 0.00000196. The summed E-state index contributed by atoms with van der Waals surface area (Å²) in [7, 11) is 1.38. The van der Waals surface area contributed by atoms with Gasteiger partial charge < -0.3 is 20.1 Å². The molecular formula is C19H13ClO6. The van der Waals surface area contributed by atoms with E-state index >= 15 is 0 Å². The van der Waals surface area contributed by atoms with Gasteiger partial charge in [0.15, 0.2) is 5.78 Å². The Kier molecular flexibility index (Phi) is 4.00. The first-order chi connectivity index (χ1) is 12.0. The molecule has 1 aliphatic carbocycles. The zero-order valence-corrected chi connectivity index (χ0v) is 14.3. The summed E-state index contributed by atoms with van der Waals surface area (Å²) in [5.74, 6) is -2.00. The fourth-order valence-corrected chi connectivity index (χ4v) is 3.27. The summed E-state index contributed by atoms with van der Waals surface area (Å²) in [5.41, 5.74) is -0.402. The van der Waals surface area contributed by atoms with Crippen LogP contribution in [0.25, 0.3) is 10.8 Å². The van der Waals surface area contributed by atoms with Crippen LogP contribution in [0.4, 0.5) is 0 Å². The number of carbonyl (C=O) groups excluding carboxylic acids is 2. The summed E-state index contributed by atoms with van der Waals surface area (Å²) in [4.78, 5) is 25.8. The number of ether oxygens (including phenoxy) is 1. The molecule has 4 rings (SSSR count). The molecule has 0 saturated heterocycles. The average molecular weight is 373 g/mol. The van der Waals surface area contributed by atoms with Crippen LogP contribution in [0, 0.1) is 0 Å². The molecule has 0 amide bonds. The van der Waals surface area contributed by atoms with Crippen LogP contribution in [-0.2, 0) is 0 Å². The molecule has 0 aliphatic heterocycles. The van der Waals surface area contributed by atoms with Crippen LogP contribution >= 0.6 is 12.4 Å². The maximum absolute atomic E-state index is 13.0. The second kappa shape index (κ2) is 5.93. The highest BCUT2D eigenvalue weighted by Crippen LogP contribution is 2.46. The Bertz CT molecular complexity index is 1100. The fraction of sp³-hybridized carbons (Fsp3) is 0.0526. The fourth-order valence-electron chi connectivity index (χ4n) is 3.27. The van der Waals surface area contributed by atoms with E-state index in [1.807, 2.05) is 0 Å². The maximum atomic E-state index is 13.0. The minimum Gasteiger partial charge on any atom is -0.508 e. The van der Waals surface area contributed by atoms with Crippen LogP contribution in [0.5, 0.6) is 23.0 Å². The van der Waals surface area contributed by atoms with Crippen molar-refractivity contribution in [1.82, 2.24) is 0 Å². The molecule has 0 radical (unpaired) electrons. The number of hydrogen-bond acceptors (Lipinski definition) is 6. The second-order valence-electron chi connectivity index (χ2n) is 5.72. The number of halogens is 1. The van der Waals surface area contributed by atoms with E-state index in [-0.39, 0.29) is 56.9 Å². The number of carbonyl (C=O) groups is 2. The molecule has 3 N–H and O–H groups in total. The number of benzene rings is 3. The number of ketones is 2. The van der Waals surface area contributed by atoms with E-state index in [9.17, 15) is 24.9 Å². The Labute approximate surface area is 153 Å². The van der Waals surface area contributed by atoms with Gasteiger partial charge in [0, 0.05) is 16.3 Å². The normalized spacial score (nSPS) is 12.3. The first-order valence-electron chi connectivity index (χ1n) is 7.42. The number of fused-ring (bicyclic) bond motifs is 3. The van der Waals surface area contributed by atoms with Crippen molar-refractivity contribution in [3.05, 3.63) is 58.7 Å². The monoisotopic (exact) mass is 372 g/mol. The summed E-state index contributed by atoms with van der Waals surface area (Å²) in [5, 5.41) is 31.0. The summed E-state index contributed by atoms with van der Waals surface area (Å²) < 4.78 is 5.17. The number of rotatable bonds is 1. The van der Waals surface area contributed by atoms with Gasteiger partial charge in [0.2, 0.25) is 5.78 Å². The highest BCUT2D eigenvalue weighted by atomic mass is 35.5. The number of hydrogen-bond donors (Lipinski definition) is 3. The minimum absolute atomic E-state index is 0. The van der Waals surface area contributed by atoms with Gasteiger partial charge in [0.25, 0.3) is 0 Å². The molecule has 0 heterocycles. The van der Waals surface area contributed by atoms with Crippen LogP contribution < -0.4 is 4.74 Å². The van der Waals surface area contributed by atoms with Crippen LogP contribution in [-0.4, -0.2) is 34.0 Å². The molecule has 26 heavy (non-hydrogen) atoms. The molecule has 0 fully saturated rings. The van der Waals surface area contributed by atoms with E-state index in [0.29, 0.717) is 0 Å². The highest BCUT2D eigenvalue weighted by Gasteiger charge is 2.38. The Morgan fingerprint density at radius 2 is 1.46 bits per heavy atom. The topological polar surface area (TPSA) is 104 Å². The molecule has 0 bridgehead atoms. The summed E-state index contributed by atoms with van der Waals surface area (Å²) in [6.45, 7) is 0. The van der Waals surface area contributed by atoms with Gasteiger partial charge in [0.1, 0.15) is 23.0 Å². The number of phenols is 3. The van der Waals surface area contributed by atoms with Crippen molar-refractivity contribution in [2.24, 2.45) is 0 Å². The smallest absolute Gasteiger partial charge is 0.202 e. The molecule has 0 aromatic heterocycles. The van der Waals surface area contributed by atoms with Gasteiger partial charge in [-0.2, -0.15) is 0 Å². The number of methoxy groups -OCH3 is 1. The molecule has 0 unspecified atom stereocenters. The molecule has 3 aromatic carbocycles. The zero-order valence-electron chi connectivity index (χ0n) is 13.4. The quantitative estimate of drug-likeness (QED) is 0.443. The molecule has 7 heteroatoms. The minimum atomic E-state index is -0.607. The molecular weight excluding hydrogens is 360 g/mol. The van der Waals surface area contributed by atoms with Gasteiger partial charge in [-0.3, -0.25) is 9.59 Å². The van der Waals surface area contributed by atoms with Crippen LogP contribution in [0.1, 0.15) is 31.8 Å². The Hall–Kier alpha value is -3.25. The largest absolute Gasteiger partial charge is 0.508 e. The predicted molar refractivity (Wildman–Crippen MR) is 96.0 cm³/mol. The van der Waals surface area contributed by atoms with E-state index in [1.54, 1.807) is 12.1 Å². The maximum Gasteiger partial charge on any atom is 0.202 e. The van der Waals surface area contributed by atoms with Crippen molar-refractivity contribution in [3.8, 4) is 23.0 Å². The van der Waals surface area contributed by atoms with Gasteiger partial charge in [-0.15, -0.1) is 12.4 Å².